The van der Waals surface area contributed by atoms with Gasteiger partial charge in [-0.05, 0) is 47.7 Å². The molecule has 0 bridgehead atoms. The van der Waals surface area contributed by atoms with E-state index in [9.17, 15) is 14.3 Å². The molecular formula is C14H11FO2S. The van der Waals surface area contributed by atoms with Gasteiger partial charge in [0.15, 0.2) is 0 Å². The van der Waals surface area contributed by atoms with Crippen LogP contribution in [0.25, 0.3) is 11.6 Å². The van der Waals surface area contributed by atoms with E-state index in [0.717, 1.165) is 5.56 Å². The van der Waals surface area contributed by atoms with Gasteiger partial charge < -0.3 is 5.11 Å². The van der Waals surface area contributed by atoms with Crippen molar-refractivity contribution in [2.75, 3.05) is 0 Å². The minimum absolute atomic E-state index is 0.179. The van der Waals surface area contributed by atoms with Gasteiger partial charge in [0.2, 0.25) is 0 Å². The Morgan fingerprint density at radius 3 is 2.78 bits per heavy atom. The van der Waals surface area contributed by atoms with Gasteiger partial charge in [-0.1, -0.05) is 12.1 Å². The van der Waals surface area contributed by atoms with E-state index in [1.807, 2.05) is 12.3 Å². The van der Waals surface area contributed by atoms with Crippen LogP contribution in [0.15, 0.2) is 35.7 Å². The Labute approximate surface area is 108 Å². The molecule has 18 heavy (non-hydrogen) atoms. The van der Waals surface area contributed by atoms with Crippen molar-refractivity contribution in [2.24, 2.45) is 0 Å². The first-order valence-electron chi connectivity index (χ1n) is 5.33. The first-order valence-corrected chi connectivity index (χ1v) is 6.21. The summed E-state index contributed by atoms with van der Waals surface area (Å²) in [5.74, 6) is -1.39. The summed E-state index contributed by atoms with van der Waals surface area (Å²) in [6.07, 6.45) is 1.51. The average molecular weight is 262 g/mol. The van der Waals surface area contributed by atoms with Crippen molar-refractivity contribution < 1.29 is 14.3 Å². The summed E-state index contributed by atoms with van der Waals surface area (Å²) in [6, 6.07) is 7.85. The predicted octanol–water partition coefficient (Wildman–Crippen LogP) is 3.82. The number of carboxylic acids is 1. The van der Waals surface area contributed by atoms with Gasteiger partial charge in [0.1, 0.15) is 5.82 Å². The molecule has 0 unspecified atom stereocenters. The van der Waals surface area contributed by atoms with Crippen molar-refractivity contribution in [3.8, 4) is 0 Å². The highest BCUT2D eigenvalue weighted by Gasteiger charge is 2.12. The first-order chi connectivity index (χ1) is 8.58. The summed E-state index contributed by atoms with van der Waals surface area (Å²) in [5.41, 5.74) is 1.60. The molecule has 0 aliphatic heterocycles. The Bertz CT molecular complexity index is 600. The number of benzene rings is 1. The van der Waals surface area contributed by atoms with Gasteiger partial charge >= 0.3 is 5.97 Å². The van der Waals surface area contributed by atoms with E-state index in [2.05, 4.69) is 0 Å². The maximum atomic E-state index is 13.2. The molecule has 0 atom stereocenters. The molecule has 4 heteroatoms. The zero-order valence-electron chi connectivity index (χ0n) is 9.68. The first kappa shape index (κ1) is 12.5. The summed E-state index contributed by atoms with van der Waals surface area (Å²) in [7, 11) is 0. The summed E-state index contributed by atoms with van der Waals surface area (Å²) in [4.78, 5) is 11.9. The predicted molar refractivity (Wildman–Crippen MR) is 71.0 cm³/mol. The zero-order valence-corrected chi connectivity index (χ0v) is 10.5. The van der Waals surface area contributed by atoms with E-state index in [1.165, 1.54) is 29.5 Å². The Hall–Kier alpha value is -1.94. The third-order valence-electron chi connectivity index (χ3n) is 2.56. The third-order valence-corrected chi connectivity index (χ3v) is 3.46. The SMILES string of the molecule is Cc1ccc(F)cc1/C=C(/C(=O)O)c1cccs1. The molecule has 0 radical (unpaired) electrons. The molecule has 2 rings (SSSR count). The molecule has 2 nitrogen and oxygen atoms in total. The van der Waals surface area contributed by atoms with E-state index < -0.39 is 5.97 Å². The van der Waals surface area contributed by atoms with Crippen LogP contribution in [0.5, 0.6) is 0 Å². The normalized spacial score (nSPS) is 11.6. The minimum Gasteiger partial charge on any atom is -0.478 e. The highest BCUT2D eigenvalue weighted by molar-refractivity contribution is 7.11. The second kappa shape index (κ2) is 5.14. The number of aryl methyl sites for hydroxylation is 1. The maximum Gasteiger partial charge on any atom is 0.337 e. The van der Waals surface area contributed by atoms with E-state index in [4.69, 9.17) is 0 Å². The lowest BCUT2D eigenvalue weighted by molar-refractivity contribution is -0.130. The second-order valence-corrected chi connectivity index (χ2v) is 4.79. The lowest BCUT2D eigenvalue weighted by Gasteiger charge is -2.03. The van der Waals surface area contributed by atoms with Crippen molar-refractivity contribution in [3.05, 3.63) is 57.5 Å². The number of hydrogen-bond acceptors (Lipinski definition) is 2. The standard InChI is InChI=1S/C14H11FO2S/c1-9-4-5-11(15)7-10(9)8-12(14(16)17)13-3-2-6-18-13/h2-8H,1H3,(H,16,17)/b12-8+. The molecule has 2 aromatic rings. The van der Waals surface area contributed by atoms with Crippen LogP contribution in [-0.2, 0) is 4.79 Å². The van der Waals surface area contributed by atoms with Gasteiger partial charge in [-0.15, -0.1) is 11.3 Å². The highest BCUT2D eigenvalue weighted by atomic mass is 32.1. The molecule has 0 saturated heterocycles. The van der Waals surface area contributed by atoms with Crippen LogP contribution >= 0.6 is 11.3 Å². The number of thiophene rings is 1. The topological polar surface area (TPSA) is 37.3 Å². The van der Waals surface area contributed by atoms with Crippen LogP contribution in [0.3, 0.4) is 0 Å². The number of halogens is 1. The number of aliphatic carboxylic acids is 1. The number of rotatable bonds is 3. The summed E-state index contributed by atoms with van der Waals surface area (Å²) in [5, 5.41) is 11.0. The molecule has 92 valence electrons. The highest BCUT2D eigenvalue weighted by Crippen LogP contribution is 2.24. The van der Waals surface area contributed by atoms with E-state index in [0.29, 0.717) is 10.4 Å². The van der Waals surface area contributed by atoms with Crippen molar-refractivity contribution >= 4 is 29.0 Å². The molecule has 0 aliphatic rings. The van der Waals surface area contributed by atoms with Crippen LogP contribution in [0.2, 0.25) is 0 Å². The summed E-state index contributed by atoms with van der Waals surface area (Å²) < 4.78 is 13.2. The second-order valence-electron chi connectivity index (χ2n) is 3.84. The van der Waals surface area contributed by atoms with Crippen molar-refractivity contribution in [1.29, 1.82) is 0 Å². The van der Waals surface area contributed by atoms with Gasteiger partial charge in [-0.3, -0.25) is 0 Å². The van der Waals surface area contributed by atoms with E-state index in [-0.39, 0.29) is 11.4 Å². The fourth-order valence-electron chi connectivity index (χ4n) is 1.59. The van der Waals surface area contributed by atoms with Gasteiger partial charge in [-0.25, -0.2) is 9.18 Å². The molecule has 1 aromatic carbocycles. The number of hydrogen-bond donors (Lipinski definition) is 1. The summed E-state index contributed by atoms with van der Waals surface area (Å²) >= 11 is 1.35. The van der Waals surface area contributed by atoms with Gasteiger partial charge in [0.05, 0.1) is 5.57 Å². The zero-order chi connectivity index (χ0) is 13.1. The lowest BCUT2D eigenvalue weighted by atomic mass is 10.0. The Morgan fingerprint density at radius 1 is 1.39 bits per heavy atom. The maximum absolute atomic E-state index is 13.2. The molecule has 1 aromatic heterocycles. The van der Waals surface area contributed by atoms with Crippen molar-refractivity contribution in [3.63, 3.8) is 0 Å². The fraction of sp³-hybridized carbons (Fsp3) is 0.0714. The van der Waals surface area contributed by atoms with Crippen molar-refractivity contribution in [1.82, 2.24) is 0 Å². The Balaban J connectivity index is 2.52. The van der Waals surface area contributed by atoms with Crippen LogP contribution in [0, 0.1) is 12.7 Å². The largest absolute Gasteiger partial charge is 0.478 e. The smallest absolute Gasteiger partial charge is 0.337 e. The molecule has 0 amide bonds. The number of carboxylic acid groups (broad SMARTS) is 1. The van der Waals surface area contributed by atoms with Crippen LogP contribution < -0.4 is 0 Å². The molecular weight excluding hydrogens is 251 g/mol. The van der Waals surface area contributed by atoms with Gasteiger partial charge in [0, 0.05) is 4.88 Å². The molecule has 0 saturated carbocycles. The van der Waals surface area contributed by atoms with E-state index >= 15 is 0 Å². The van der Waals surface area contributed by atoms with E-state index in [1.54, 1.807) is 18.2 Å². The molecule has 0 fully saturated rings. The Kier molecular flexibility index (Phi) is 3.58. The summed E-state index contributed by atoms with van der Waals surface area (Å²) in [6.45, 7) is 1.82. The molecule has 0 spiro atoms. The molecule has 1 heterocycles. The van der Waals surface area contributed by atoms with Crippen LogP contribution in [-0.4, -0.2) is 11.1 Å². The lowest BCUT2D eigenvalue weighted by Crippen LogP contribution is -1.98. The van der Waals surface area contributed by atoms with Crippen LogP contribution in [0.1, 0.15) is 16.0 Å². The average Bonchev–Trinajstić information content (AvgIpc) is 2.83. The fourth-order valence-corrected chi connectivity index (χ4v) is 2.33. The minimum atomic E-state index is -1.01. The van der Waals surface area contributed by atoms with Crippen molar-refractivity contribution in [2.45, 2.75) is 6.92 Å². The quantitative estimate of drug-likeness (QED) is 0.854. The molecule has 0 aliphatic carbocycles. The number of carbonyl (C=O) groups is 1. The third kappa shape index (κ3) is 2.65. The molecule has 1 N–H and O–H groups in total. The monoisotopic (exact) mass is 262 g/mol. The Morgan fingerprint density at radius 2 is 2.17 bits per heavy atom. The van der Waals surface area contributed by atoms with Gasteiger partial charge in [-0.2, -0.15) is 0 Å². The van der Waals surface area contributed by atoms with Crippen LogP contribution in [0.4, 0.5) is 4.39 Å². The van der Waals surface area contributed by atoms with Gasteiger partial charge in [0.25, 0.3) is 0 Å².